The van der Waals surface area contributed by atoms with Gasteiger partial charge in [0.25, 0.3) is 0 Å². The Hall–Kier alpha value is -1.91. The first-order valence-electron chi connectivity index (χ1n) is 4.10. The van der Waals surface area contributed by atoms with Crippen LogP contribution < -0.4 is 5.32 Å². The number of aromatic nitrogens is 1. The van der Waals surface area contributed by atoms with Crippen LogP contribution in [0.25, 0.3) is 0 Å². The molecular formula is C9H10N2O3. The lowest BCUT2D eigenvalue weighted by Gasteiger charge is -2.02. The smallest absolute Gasteiger partial charge is 0.303 e. The van der Waals surface area contributed by atoms with Gasteiger partial charge in [0.05, 0.1) is 18.3 Å². The molecule has 0 saturated carbocycles. The lowest BCUT2D eigenvalue weighted by Crippen LogP contribution is -2.13. The summed E-state index contributed by atoms with van der Waals surface area (Å²) >= 11 is 0. The van der Waals surface area contributed by atoms with Crippen molar-refractivity contribution in [2.24, 2.45) is 0 Å². The van der Waals surface area contributed by atoms with Gasteiger partial charge in [-0.05, 0) is 12.1 Å². The van der Waals surface area contributed by atoms with E-state index in [1.807, 2.05) is 0 Å². The van der Waals surface area contributed by atoms with E-state index in [2.05, 4.69) is 10.3 Å². The van der Waals surface area contributed by atoms with Gasteiger partial charge in [0.2, 0.25) is 5.91 Å². The second-order valence-electron chi connectivity index (χ2n) is 2.68. The molecule has 74 valence electrons. The lowest BCUT2D eigenvalue weighted by molar-refractivity contribution is -0.138. The first kappa shape index (κ1) is 10.2. The molecule has 0 fully saturated rings. The zero-order chi connectivity index (χ0) is 10.4. The van der Waals surface area contributed by atoms with Crippen LogP contribution in [0.1, 0.15) is 12.8 Å². The zero-order valence-electron chi connectivity index (χ0n) is 7.43. The van der Waals surface area contributed by atoms with Crippen LogP contribution >= 0.6 is 0 Å². The normalized spacial score (nSPS) is 9.43. The maximum absolute atomic E-state index is 11.1. The standard InChI is InChI=1S/C9H10N2O3/c12-8(3-4-9(13)14)11-7-2-1-5-10-6-7/h1-2,5-6H,3-4H2,(H,11,12)(H,13,14). The molecule has 0 unspecified atom stereocenters. The van der Waals surface area contributed by atoms with Gasteiger partial charge < -0.3 is 10.4 Å². The summed E-state index contributed by atoms with van der Waals surface area (Å²) in [4.78, 5) is 25.1. The molecule has 0 bridgehead atoms. The van der Waals surface area contributed by atoms with E-state index in [4.69, 9.17) is 5.11 Å². The summed E-state index contributed by atoms with van der Waals surface area (Å²) in [6.45, 7) is 0. The summed E-state index contributed by atoms with van der Waals surface area (Å²) in [6.07, 6.45) is 2.90. The Balaban J connectivity index is 2.38. The Morgan fingerprint density at radius 3 is 2.79 bits per heavy atom. The number of hydrogen-bond acceptors (Lipinski definition) is 3. The molecule has 0 aromatic carbocycles. The summed E-state index contributed by atoms with van der Waals surface area (Å²) in [5, 5.41) is 10.9. The van der Waals surface area contributed by atoms with Crippen LogP contribution in [0.5, 0.6) is 0 Å². The van der Waals surface area contributed by atoms with Crippen molar-refractivity contribution in [3.05, 3.63) is 24.5 Å². The summed E-state index contributed by atoms with van der Waals surface area (Å²) < 4.78 is 0. The van der Waals surface area contributed by atoms with Crippen molar-refractivity contribution in [2.75, 3.05) is 5.32 Å². The SMILES string of the molecule is O=C(O)CCC(=O)Nc1cccnc1. The van der Waals surface area contributed by atoms with Crippen molar-refractivity contribution in [1.82, 2.24) is 4.98 Å². The number of pyridine rings is 1. The lowest BCUT2D eigenvalue weighted by atomic mass is 10.3. The van der Waals surface area contributed by atoms with Crippen molar-refractivity contribution in [3.8, 4) is 0 Å². The number of nitrogens with zero attached hydrogens (tertiary/aromatic N) is 1. The van der Waals surface area contributed by atoms with Crippen LogP contribution in [0.15, 0.2) is 24.5 Å². The van der Waals surface area contributed by atoms with Gasteiger partial charge in [-0.3, -0.25) is 14.6 Å². The van der Waals surface area contributed by atoms with Gasteiger partial charge in [-0.25, -0.2) is 0 Å². The van der Waals surface area contributed by atoms with E-state index in [0.717, 1.165) is 0 Å². The van der Waals surface area contributed by atoms with Crippen molar-refractivity contribution >= 4 is 17.6 Å². The number of aliphatic carboxylic acids is 1. The molecule has 2 N–H and O–H groups in total. The third-order valence-corrected chi connectivity index (χ3v) is 1.51. The van der Waals surface area contributed by atoms with Gasteiger partial charge in [0.15, 0.2) is 0 Å². The highest BCUT2D eigenvalue weighted by Crippen LogP contribution is 2.03. The number of anilines is 1. The van der Waals surface area contributed by atoms with E-state index < -0.39 is 5.97 Å². The van der Waals surface area contributed by atoms with Gasteiger partial charge in [-0.2, -0.15) is 0 Å². The van der Waals surface area contributed by atoms with Crippen LogP contribution in [-0.2, 0) is 9.59 Å². The molecule has 1 aromatic rings. The number of hydrogen-bond donors (Lipinski definition) is 2. The van der Waals surface area contributed by atoms with E-state index in [-0.39, 0.29) is 18.7 Å². The summed E-state index contributed by atoms with van der Waals surface area (Å²) in [5.74, 6) is -1.30. The number of rotatable bonds is 4. The second-order valence-corrected chi connectivity index (χ2v) is 2.68. The summed E-state index contributed by atoms with van der Waals surface area (Å²) in [7, 11) is 0. The van der Waals surface area contributed by atoms with Crippen molar-refractivity contribution in [3.63, 3.8) is 0 Å². The Morgan fingerprint density at radius 1 is 1.43 bits per heavy atom. The van der Waals surface area contributed by atoms with Crippen molar-refractivity contribution in [1.29, 1.82) is 0 Å². The van der Waals surface area contributed by atoms with Crippen LogP contribution in [0, 0.1) is 0 Å². The van der Waals surface area contributed by atoms with Gasteiger partial charge in [-0.15, -0.1) is 0 Å². The van der Waals surface area contributed by atoms with Crippen LogP contribution in [-0.4, -0.2) is 22.0 Å². The van der Waals surface area contributed by atoms with Crippen LogP contribution in [0.3, 0.4) is 0 Å². The van der Waals surface area contributed by atoms with Crippen LogP contribution in [0.4, 0.5) is 5.69 Å². The zero-order valence-corrected chi connectivity index (χ0v) is 7.43. The van der Waals surface area contributed by atoms with Gasteiger partial charge >= 0.3 is 5.97 Å². The van der Waals surface area contributed by atoms with Gasteiger partial charge in [0.1, 0.15) is 0 Å². The molecule has 0 spiro atoms. The highest BCUT2D eigenvalue weighted by atomic mass is 16.4. The first-order valence-corrected chi connectivity index (χ1v) is 4.10. The average Bonchev–Trinajstić information content (AvgIpc) is 2.16. The van der Waals surface area contributed by atoms with E-state index in [1.54, 1.807) is 18.3 Å². The molecule has 14 heavy (non-hydrogen) atoms. The number of carbonyl (C=O) groups is 2. The molecule has 1 aromatic heterocycles. The largest absolute Gasteiger partial charge is 0.481 e. The van der Waals surface area contributed by atoms with E-state index in [1.165, 1.54) is 6.20 Å². The quantitative estimate of drug-likeness (QED) is 0.745. The number of amides is 1. The molecular weight excluding hydrogens is 184 g/mol. The fourth-order valence-corrected chi connectivity index (χ4v) is 0.881. The molecule has 1 rings (SSSR count). The minimum atomic E-state index is -0.980. The molecule has 0 radical (unpaired) electrons. The minimum Gasteiger partial charge on any atom is -0.481 e. The number of carbonyl (C=O) groups excluding carboxylic acids is 1. The molecule has 5 heteroatoms. The number of nitrogens with one attached hydrogen (secondary N) is 1. The predicted molar refractivity (Wildman–Crippen MR) is 49.7 cm³/mol. The summed E-state index contributed by atoms with van der Waals surface area (Å²) in [5.41, 5.74) is 0.572. The maximum Gasteiger partial charge on any atom is 0.303 e. The Kier molecular flexibility index (Phi) is 3.60. The Morgan fingerprint density at radius 2 is 2.21 bits per heavy atom. The van der Waals surface area contributed by atoms with Crippen LogP contribution in [0.2, 0.25) is 0 Å². The molecule has 1 heterocycles. The average molecular weight is 194 g/mol. The minimum absolute atomic E-state index is 0.0236. The Labute approximate surface area is 80.8 Å². The third-order valence-electron chi connectivity index (χ3n) is 1.51. The molecule has 1 amide bonds. The fourth-order valence-electron chi connectivity index (χ4n) is 0.881. The second kappa shape index (κ2) is 4.96. The maximum atomic E-state index is 11.1. The van der Waals surface area contributed by atoms with E-state index >= 15 is 0 Å². The molecule has 0 aliphatic carbocycles. The fraction of sp³-hybridized carbons (Fsp3) is 0.222. The Bertz CT molecular complexity index is 324. The van der Waals surface area contributed by atoms with Gasteiger partial charge in [0, 0.05) is 12.6 Å². The van der Waals surface area contributed by atoms with E-state index in [9.17, 15) is 9.59 Å². The molecule has 0 aliphatic heterocycles. The van der Waals surface area contributed by atoms with Gasteiger partial charge in [-0.1, -0.05) is 0 Å². The molecule has 0 aliphatic rings. The van der Waals surface area contributed by atoms with E-state index in [0.29, 0.717) is 5.69 Å². The highest BCUT2D eigenvalue weighted by molar-refractivity contribution is 5.92. The molecule has 0 saturated heterocycles. The molecule has 0 atom stereocenters. The first-order chi connectivity index (χ1) is 6.68. The molecule has 5 nitrogen and oxygen atoms in total. The van der Waals surface area contributed by atoms with Crippen molar-refractivity contribution in [2.45, 2.75) is 12.8 Å². The highest BCUT2D eigenvalue weighted by Gasteiger charge is 2.04. The monoisotopic (exact) mass is 194 g/mol. The number of carboxylic acid groups (broad SMARTS) is 1. The summed E-state index contributed by atoms with van der Waals surface area (Å²) in [6, 6.07) is 3.37. The van der Waals surface area contributed by atoms with Crippen molar-refractivity contribution < 1.29 is 14.7 Å². The number of carboxylic acids is 1. The third kappa shape index (κ3) is 3.66. The predicted octanol–water partition coefficient (Wildman–Crippen LogP) is 0.885. The topological polar surface area (TPSA) is 79.3 Å².